The number of halogens is 3. The summed E-state index contributed by atoms with van der Waals surface area (Å²) < 4.78 is 0. The van der Waals surface area contributed by atoms with Gasteiger partial charge in [-0.05, 0) is 70.6 Å². The Bertz CT molecular complexity index is 556. The third-order valence-electron chi connectivity index (χ3n) is 6.35. The molecule has 1 aliphatic carbocycles. The van der Waals surface area contributed by atoms with E-state index in [4.69, 9.17) is 11.6 Å². The zero-order chi connectivity index (χ0) is 17.9. The Morgan fingerprint density at radius 3 is 2.33 bits per heavy atom. The first kappa shape index (κ1) is 25.0. The molecule has 2 fully saturated rings. The molecule has 1 aromatic rings. The van der Waals surface area contributed by atoms with Gasteiger partial charge in [0, 0.05) is 23.5 Å². The van der Waals surface area contributed by atoms with Gasteiger partial charge in [-0.3, -0.25) is 0 Å². The molecule has 0 radical (unpaired) electrons. The van der Waals surface area contributed by atoms with Crippen LogP contribution in [0.3, 0.4) is 0 Å². The van der Waals surface area contributed by atoms with Crippen LogP contribution in [-0.2, 0) is 0 Å². The van der Waals surface area contributed by atoms with Gasteiger partial charge < -0.3 is 14.9 Å². The van der Waals surface area contributed by atoms with Crippen LogP contribution in [0.25, 0.3) is 0 Å². The predicted molar refractivity (Wildman–Crippen MR) is 120 cm³/mol. The molecule has 27 heavy (non-hydrogen) atoms. The molecule has 1 saturated heterocycles. The average Bonchev–Trinajstić information content (AvgIpc) is 2.60. The Morgan fingerprint density at radius 1 is 1.15 bits per heavy atom. The highest BCUT2D eigenvalue weighted by molar-refractivity contribution is 6.30. The number of hydrogen-bond acceptors (Lipinski definition) is 3. The number of aliphatic hydroxyl groups is 1. The zero-order valence-electron chi connectivity index (χ0n) is 16.6. The third kappa shape index (κ3) is 6.48. The van der Waals surface area contributed by atoms with Crippen molar-refractivity contribution in [3.63, 3.8) is 0 Å². The van der Waals surface area contributed by atoms with E-state index >= 15 is 0 Å². The van der Waals surface area contributed by atoms with Crippen LogP contribution in [0.15, 0.2) is 24.3 Å². The van der Waals surface area contributed by atoms with Gasteiger partial charge in [-0.1, -0.05) is 43.0 Å². The predicted octanol–water partition coefficient (Wildman–Crippen LogP) is 4.99. The largest absolute Gasteiger partial charge is 0.389 e. The molecule has 1 heterocycles. The van der Waals surface area contributed by atoms with Crippen LogP contribution < -0.4 is 0 Å². The Labute approximate surface area is 182 Å². The van der Waals surface area contributed by atoms with E-state index in [9.17, 15) is 5.11 Å². The minimum Gasteiger partial charge on any atom is -0.389 e. The fraction of sp³-hybridized carbons (Fsp3) is 0.714. The van der Waals surface area contributed by atoms with E-state index in [2.05, 4.69) is 36.0 Å². The third-order valence-corrected chi connectivity index (χ3v) is 6.58. The van der Waals surface area contributed by atoms with Crippen molar-refractivity contribution in [2.75, 3.05) is 33.7 Å². The van der Waals surface area contributed by atoms with E-state index in [-0.39, 0.29) is 30.7 Å². The second-order valence-electron chi connectivity index (χ2n) is 8.27. The van der Waals surface area contributed by atoms with E-state index in [1.165, 1.54) is 24.8 Å². The first-order valence-electron chi connectivity index (χ1n) is 9.84. The standard InChI is InChI=1S/C21H33ClN2O.2ClH/c1-23(2)19-9-13-24(14-10-19)16-20(17-7-6-8-18(22)15-17)21(25)11-4-3-5-12-21;;/h6-8,15,19-20,25H,3-5,9-14,16H2,1-2H3;2*1H. The van der Waals surface area contributed by atoms with Gasteiger partial charge in [0.1, 0.15) is 0 Å². The normalized spacial score (nSPS) is 22.0. The molecule has 0 spiro atoms. The smallest absolute Gasteiger partial charge is 0.0728 e. The SMILES string of the molecule is CN(C)C1CCN(CC(c2cccc(Cl)c2)C2(O)CCCCC2)CC1.Cl.Cl. The maximum absolute atomic E-state index is 11.5. The molecule has 1 saturated carbocycles. The van der Waals surface area contributed by atoms with Crippen LogP contribution in [0.4, 0.5) is 0 Å². The maximum atomic E-state index is 11.5. The van der Waals surface area contributed by atoms with E-state index in [1.54, 1.807) is 0 Å². The molecule has 3 nitrogen and oxygen atoms in total. The zero-order valence-corrected chi connectivity index (χ0v) is 19.0. The average molecular weight is 438 g/mol. The molecule has 1 aromatic carbocycles. The van der Waals surface area contributed by atoms with Crippen molar-refractivity contribution in [2.45, 2.75) is 62.5 Å². The van der Waals surface area contributed by atoms with Crippen molar-refractivity contribution in [1.29, 1.82) is 0 Å². The molecule has 1 aliphatic heterocycles. The summed E-state index contributed by atoms with van der Waals surface area (Å²) in [7, 11) is 4.36. The Kier molecular flexibility index (Phi) is 10.4. The Balaban J connectivity index is 0.00000182. The van der Waals surface area contributed by atoms with E-state index in [1.807, 2.05) is 12.1 Å². The Morgan fingerprint density at radius 2 is 1.78 bits per heavy atom. The maximum Gasteiger partial charge on any atom is 0.0728 e. The fourth-order valence-electron chi connectivity index (χ4n) is 4.70. The summed E-state index contributed by atoms with van der Waals surface area (Å²) in [4.78, 5) is 4.90. The molecule has 0 aromatic heterocycles. The number of benzene rings is 1. The van der Waals surface area contributed by atoms with Crippen molar-refractivity contribution in [2.24, 2.45) is 0 Å². The van der Waals surface area contributed by atoms with Gasteiger partial charge in [0.25, 0.3) is 0 Å². The Hall–Kier alpha value is -0.0300. The summed E-state index contributed by atoms with van der Waals surface area (Å²) in [5.74, 6) is 0.155. The van der Waals surface area contributed by atoms with Gasteiger partial charge in [0.2, 0.25) is 0 Å². The van der Waals surface area contributed by atoms with Crippen molar-refractivity contribution in [3.8, 4) is 0 Å². The van der Waals surface area contributed by atoms with Crippen molar-refractivity contribution in [1.82, 2.24) is 9.80 Å². The lowest BCUT2D eigenvalue weighted by atomic mass is 9.72. The fourth-order valence-corrected chi connectivity index (χ4v) is 4.90. The van der Waals surface area contributed by atoms with E-state index in [0.717, 1.165) is 50.3 Å². The topological polar surface area (TPSA) is 26.7 Å². The highest BCUT2D eigenvalue weighted by Crippen LogP contribution is 2.41. The molecule has 0 amide bonds. The van der Waals surface area contributed by atoms with Crippen LogP contribution in [0.5, 0.6) is 0 Å². The lowest BCUT2D eigenvalue weighted by molar-refractivity contribution is -0.0335. The molecular weight excluding hydrogens is 403 g/mol. The minimum absolute atomic E-state index is 0. The molecule has 1 unspecified atom stereocenters. The molecule has 0 bridgehead atoms. The second kappa shape index (κ2) is 11.2. The van der Waals surface area contributed by atoms with Gasteiger partial charge in [0.15, 0.2) is 0 Å². The van der Waals surface area contributed by atoms with Crippen molar-refractivity contribution < 1.29 is 5.11 Å². The first-order valence-corrected chi connectivity index (χ1v) is 10.2. The highest BCUT2D eigenvalue weighted by atomic mass is 35.5. The van der Waals surface area contributed by atoms with Gasteiger partial charge in [-0.25, -0.2) is 0 Å². The second-order valence-corrected chi connectivity index (χ2v) is 8.70. The van der Waals surface area contributed by atoms with Gasteiger partial charge in [0.05, 0.1) is 5.60 Å². The summed E-state index contributed by atoms with van der Waals surface area (Å²) in [6.45, 7) is 3.18. The number of piperidine rings is 1. The highest BCUT2D eigenvalue weighted by Gasteiger charge is 2.40. The molecule has 2 aliphatic rings. The van der Waals surface area contributed by atoms with Gasteiger partial charge >= 0.3 is 0 Å². The molecule has 156 valence electrons. The van der Waals surface area contributed by atoms with Crippen LogP contribution in [0.2, 0.25) is 5.02 Å². The number of nitrogens with zero attached hydrogens (tertiary/aromatic N) is 2. The van der Waals surface area contributed by atoms with Crippen LogP contribution >= 0.6 is 36.4 Å². The number of hydrogen-bond donors (Lipinski definition) is 1. The minimum atomic E-state index is -0.582. The van der Waals surface area contributed by atoms with E-state index in [0.29, 0.717) is 6.04 Å². The molecule has 1 atom stereocenters. The lowest BCUT2D eigenvalue weighted by Gasteiger charge is -2.43. The van der Waals surface area contributed by atoms with Gasteiger partial charge in [-0.2, -0.15) is 0 Å². The van der Waals surface area contributed by atoms with E-state index < -0.39 is 5.60 Å². The summed E-state index contributed by atoms with van der Waals surface area (Å²) in [5.41, 5.74) is 0.619. The van der Waals surface area contributed by atoms with Crippen molar-refractivity contribution in [3.05, 3.63) is 34.9 Å². The molecular formula is C21H35Cl3N2O. The summed E-state index contributed by atoms with van der Waals surface area (Å²) in [6.07, 6.45) is 7.78. The quantitative estimate of drug-likeness (QED) is 0.703. The number of rotatable bonds is 5. The molecule has 6 heteroatoms. The summed E-state index contributed by atoms with van der Waals surface area (Å²) >= 11 is 6.27. The van der Waals surface area contributed by atoms with Crippen LogP contribution in [-0.4, -0.2) is 60.3 Å². The first-order chi connectivity index (χ1) is 12.0. The summed E-state index contributed by atoms with van der Waals surface area (Å²) in [5, 5.41) is 12.2. The van der Waals surface area contributed by atoms with Crippen LogP contribution in [0, 0.1) is 0 Å². The number of likely N-dealkylation sites (tertiary alicyclic amines) is 1. The molecule has 1 N–H and O–H groups in total. The van der Waals surface area contributed by atoms with Gasteiger partial charge in [-0.15, -0.1) is 24.8 Å². The van der Waals surface area contributed by atoms with Crippen LogP contribution in [0.1, 0.15) is 56.4 Å². The monoisotopic (exact) mass is 436 g/mol. The summed E-state index contributed by atoms with van der Waals surface area (Å²) in [6, 6.07) is 8.85. The lowest BCUT2D eigenvalue weighted by Crippen LogP contribution is -2.48. The van der Waals surface area contributed by atoms with Crippen molar-refractivity contribution >= 4 is 36.4 Å². The molecule has 3 rings (SSSR count).